The first kappa shape index (κ1) is 21.2. The fourth-order valence-corrected chi connectivity index (χ4v) is 4.90. The molecule has 2 fully saturated rings. The van der Waals surface area contributed by atoms with Gasteiger partial charge in [-0.2, -0.15) is 0 Å². The Morgan fingerprint density at radius 2 is 1.70 bits per heavy atom. The molecule has 1 heterocycles. The van der Waals surface area contributed by atoms with Crippen LogP contribution in [0.1, 0.15) is 42.4 Å². The van der Waals surface area contributed by atoms with E-state index in [1.54, 1.807) is 14.2 Å². The Morgan fingerprint density at radius 3 is 2.43 bits per heavy atom. The molecule has 0 aromatic heterocycles. The highest BCUT2D eigenvalue weighted by molar-refractivity contribution is 5.41. The maximum atomic E-state index is 5.70. The number of benzene rings is 2. The quantitative estimate of drug-likeness (QED) is 0.710. The summed E-state index contributed by atoms with van der Waals surface area (Å²) in [4.78, 5) is 2.44. The molecule has 162 valence electrons. The minimum atomic E-state index is -0.0170. The molecule has 1 saturated heterocycles. The van der Waals surface area contributed by atoms with Crippen LogP contribution in [0.25, 0.3) is 0 Å². The molecule has 0 bridgehead atoms. The lowest BCUT2D eigenvalue weighted by molar-refractivity contribution is 0.0339. The second kappa shape index (κ2) is 9.82. The topological polar surface area (TPSA) is 43.0 Å². The third-order valence-corrected chi connectivity index (χ3v) is 6.55. The summed E-state index contributed by atoms with van der Waals surface area (Å²) in [5.41, 5.74) is 3.81. The number of para-hydroxylation sites is 1. The van der Waals surface area contributed by atoms with Crippen molar-refractivity contribution in [1.82, 2.24) is 10.2 Å². The second-order valence-corrected chi connectivity index (χ2v) is 8.38. The number of nitrogens with one attached hydrogen (secondary N) is 1. The monoisotopic (exact) mass is 410 g/mol. The summed E-state index contributed by atoms with van der Waals surface area (Å²) in [6, 6.07) is 15.0. The van der Waals surface area contributed by atoms with Crippen molar-refractivity contribution in [2.45, 2.75) is 44.3 Å². The van der Waals surface area contributed by atoms with Gasteiger partial charge in [0.1, 0.15) is 11.5 Å². The van der Waals surface area contributed by atoms with Gasteiger partial charge in [-0.15, -0.1) is 0 Å². The van der Waals surface area contributed by atoms with Crippen molar-refractivity contribution < 1.29 is 14.2 Å². The molecule has 2 aromatic rings. The van der Waals surface area contributed by atoms with Gasteiger partial charge in [-0.1, -0.05) is 37.1 Å². The SMILES string of the molecule is COc1ccc(CNC2(c3ccccc3OC)CCCC2)cc1CN1CCOCC1. The van der Waals surface area contributed by atoms with E-state index >= 15 is 0 Å². The van der Waals surface area contributed by atoms with Crippen LogP contribution in [0, 0.1) is 0 Å². The van der Waals surface area contributed by atoms with Crippen molar-refractivity contribution in [3.05, 3.63) is 59.2 Å². The minimum Gasteiger partial charge on any atom is -0.496 e. The molecule has 0 radical (unpaired) electrons. The molecule has 0 spiro atoms. The molecule has 1 saturated carbocycles. The predicted molar refractivity (Wildman–Crippen MR) is 119 cm³/mol. The summed E-state index contributed by atoms with van der Waals surface area (Å²) >= 11 is 0. The summed E-state index contributed by atoms with van der Waals surface area (Å²) in [6.07, 6.45) is 4.78. The van der Waals surface area contributed by atoms with Gasteiger partial charge in [-0.3, -0.25) is 4.90 Å². The van der Waals surface area contributed by atoms with Crippen LogP contribution in [0.2, 0.25) is 0 Å². The van der Waals surface area contributed by atoms with Crippen molar-refractivity contribution in [3.63, 3.8) is 0 Å². The van der Waals surface area contributed by atoms with Crippen LogP contribution in [0.5, 0.6) is 11.5 Å². The molecular formula is C25H34N2O3. The molecule has 2 aliphatic rings. The third-order valence-electron chi connectivity index (χ3n) is 6.55. The highest BCUT2D eigenvalue weighted by Gasteiger charge is 2.37. The first-order chi connectivity index (χ1) is 14.7. The number of rotatable bonds is 8. The predicted octanol–water partition coefficient (Wildman–Crippen LogP) is 4.10. The van der Waals surface area contributed by atoms with E-state index in [2.05, 4.69) is 46.6 Å². The lowest BCUT2D eigenvalue weighted by atomic mass is 9.87. The summed E-state index contributed by atoms with van der Waals surface area (Å²) in [6.45, 7) is 5.30. The number of hydrogen-bond acceptors (Lipinski definition) is 5. The fraction of sp³-hybridized carbons (Fsp3) is 0.520. The molecule has 0 amide bonds. The molecule has 0 unspecified atom stereocenters. The molecule has 30 heavy (non-hydrogen) atoms. The Balaban J connectivity index is 1.52. The highest BCUT2D eigenvalue weighted by Crippen LogP contribution is 2.42. The largest absolute Gasteiger partial charge is 0.496 e. The van der Waals surface area contributed by atoms with Crippen molar-refractivity contribution in [3.8, 4) is 11.5 Å². The van der Waals surface area contributed by atoms with Gasteiger partial charge in [0.05, 0.1) is 27.4 Å². The molecule has 4 rings (SSSR count). The maximum Gasteiger partial charge on any atom is 0.123 e. The van der Waals surface area contributed by atoms with Gasteiger partial charge in [-0.25, -0.2) is 0 Å². The molecule has 5 heteroatoms. The fourth-order valence-electron chi connectivity index (χ4n) is 4.90. The minimum absolute atomic E-state index is 0.0170. The van der Waals surface area contributed by atoms with Crippen LogP contribution in [-0.4, -0.2) is 45.4 Å². The Kier molecular flexibility index (Phi) is 6.93. The van der Waals surface area contributed by atoms with Gasteiger partial charge in [0.25, 0.3) is 0 Å². The molecule has 5 nitrogen and oxygen atoms in total. The number of ether oxygens (including phenoxy) is 3. The average Bonchev–Trinajstić information content (AvgIpc) is 3.28. The van der Waals surface area contributed by atoms with Crippen molar-refractivity contribution in [2.75, 3.05) is 40.5 Å². The third kappa shape index (κ3) is 4.64. The Hall–Kier alpha value is -2.08. The van der Waals surface area contributed by atoms with Crippen LogP contribution in [0.4, 0.5) is 0 Å². The standard InChI is InChI=1S/C25H34N2O3/c1-28-23-10-9-20(17-21(23)19-27-13-15-30-16-14-27)18-26-25(11-5-6-12-25)22-7-3-4-8-24(22)29-2/h3-4,7-10,17,26H,5-6,11-16,18-19H2,1-2H3. The van der Waals surface area contributed by atoms with Gasteiger partial charge in [0, 0.05) is 42.8 Å². The van der Waals surface area contributed by atoms with E-state index in [-0.39, 0.29) is 5.54 Å². The van der Waals surface area contributed by atoms with Gasteiger partial charge in [0.15, 0.2) is 0 Å². The second-order valence-electron chi connectivity index (χ2n) is 8.38. The number of morpholine rings is 1. The molecule has 1 aliphatic carbocycles. The Labute approximate surface area is 180 Å². The van der Waals surface area contributed by atoms with Gasteiger partial charge in [0.2, 0.25) is 0 Å². The van der Waals surface area contributed by atoms with Crippen LogP contribution in [-0.2, 0) is 23.4 Å². The smallest absolute Gasteiger partial charge is 0.123 e. The summed E-state index contributed by atoms with van der Waals surface area (Å²) in [5.74, 6) is 1.94. The van der Waals surface area contributed by atoms with Gasteiger partial charge < -0.3 is 19.5 Å². The van der Waals surface area contributed by atoms with Crippen LogP contribution >= 0.6 is 0 Å². The number of nitrogens with zero attached hydrogens (tertiary/aromatic N) is 1. The zero-order valence-corrected chi connectivity index (χ0v) is 18.3. The molecule has 1 aliphatic heterocycles. The van der Waals surface area contributed by atoms with Crippen LogP contribution < -0.4 is 14.8 Å². The lowest BCUT2D eigenvalue weighted by Crippen LogP contribution is -2.39. The highest BCUT2D eigenvalue weighted by atomic mass is 16.5. The van der Waals surface area contributed by atoms with Crippen LogP contribution in [0.3, 0.4) is 0 Å². The average molecular weight is 411 g/mol. The summed E-state index contributed by atoms with van der Waals surface area (Å²) in [5, 5.41) is 3.92. The summed E-state index contributed by atoms with van der Waals surface area (Å²) < 4.78 is 16.8. The number of hydrogen-bond donors (Lipinski definition) is 1. The Morgan fingerprint density at radius 1 is 0.967 bits per heavy atom. The molecule has 0 atom stereocenters. The van der Waals surface area contributed by atoms with Gasteiger partial charge >= 0.3 is 0 Å². The Bertz CT molecular complexity index is 827. The van der Waals surface area contributed by atoms with E-state index in [9.17, 15) is 0 Å². The maximum absolute atomic E-state index is 5.70. The van der Waals surface area contributed by atoms with E-state index in [0.29, 0.717) is 0 Å². The number of methoxy groups -OCH3 is 2. The van der Waals surface area contributed by atoms with Crippen molar-refractivity contribution >= 4 is 0 Å². The van der Waals surface area contributed by atoms with E-state index in [0.717, 1.165) is 63.7 Å². The molecule has 1 N–H and O–H groups in total. The zero-order valence-electron chi connectivity index (χ0n) is 18.3. The molecule has 2 aromatic carbocycles. The van der Waals surface area contributed by atoms with Crippen LogP contribution in [0.15, 0.2) is 42.5 Å². The lowest BCUT2D eigenvalue weighted by Gasteiger charge is -2.33. The molecular weight excluding hydrogens is 376 g/mol. The van der Waals surface area contributed by atoms with E-state index in [1.165, 1.54) is 29.5 Å². The van der Waals surface area contributed by atoms with E-state index in [1.807, 2.05) is 6.07 Å². The van der Waals surface area contributed by atoms with Crippen molar-refractivity contribution in [2.24, 2.45) is 0 Å². The van der Waals surface area contributed by atoms with E-state index in [4.69, 9.17) is 14.2 Å². The van der Waals surface area contributed by atoms with Crippen molar-refractivity contribution in [1.29, 1.82) is 0 Å². The van der Waals surface area contributed by atoms with E-state index < -0.39 is 0 Å². The zero-order chi connectivity index (χ0) is 20.8. The normalized spacial score (nSPS) is 19.0. The van der Waals surface area contributed by atoms with Gasteiger partial charge in [-0.05, 0) is 36.6 Å². The summed E-state index contributed by atoms with van der Waals surface area (Å²) in [7, 11) is 3.52. The first-order valence-corrected chi connectivity index (χ1v) is 11.1. The first-order valence-electron chi connectivity index (χ1n) is 11.1.